The van der Waals surface area contributed by atoms with Crippen LogP contribution in [0.5, 0.6) is 0 Å². The van der Waals surface area contributed by atoms with Gasteiger partial charge in [-0.15, -0.1) is 0 Å². The van der Waals surface area contributed by atoms with Crippen LogP contribution in [-0.2, 0) is 0 Å². The first-order chi connectivity index (χ1) is 9.63. The van der Waals surface area contributed by atoms with Gasteiger partial charge < -0.3 is 9.80 Å². The van der Waals surface area contributed by atoms with Crippen LogP contribution >= 0.6 is 11.6 Å². The lowest BCUT2D eigenvalue weighted by Crippen LogP contribution is -2.38. The van der Waals surface area contributed by atoms with E-state index in [-0.39, 0.29) is 0 Å². The van der Waals surface area contributed by atoms with Crippen molar-refractivity contribution >= 4 is 23.2 Å². The molecule has 6 nitrogen and oxygen atoms in total. The molecule has 2 aromatic heterocycles. The van der Waals surface area contributed by atoms with E-state index in [1.54, 1.807) is 4.52 Å². The molecular formula is C13H19ClN6. The van der Waals surface area contributed by atoms with Crippen LogP contribution in [0.2, 0.25) is 5.15 Å². The largest absolute Gasteiger partial charge is 0.356 e. The van der Waals surface area contributed by atoms with E-state index in [9.17, 15) is 0 Å². The molecule has 20 heavy (non-hydrogen) atoms. The highest BCUT2D eigenvalue weighted by Gasteiger charge is 2.22. The molecule has 3 rings (SSSR count). The molecule has 1 saturated heterocycles. The molecule has 1 fully saturated rings. The van der Waals surface area contributed by atoms with Crippen LogP contribution in [0, 0.1) is 5.92 Å². The fourth-order valence-corrected chi connectivity index (χ4v) is 3.03. The molecule has 1 aliphatic rings. The first kappa shape index (κ1) is 13.6. The number of nitrogens with zero attached hydrogens (tertiary/aromatic N) is 6. The average molecular weight is 295 g/mol. The van der Waals surface area contributed by atoms with E-state index in [4.69, 9.17) is 11.6 Å². The Hall–Kier alpha value is -1.40. The summed E-state index contributed by atoms with van der Waals surface area (Å²) in [7, 11) is 4.27. The van der Waals surface area contributed by atoms with E-state index in [2.05, 4.69) is 39.0 Å². The molecule has 3 heterocycles. The molecule has 0 unspecified atom stereocenters. The third kappa shape index (κ3) is 2.71. The zero-order valence-corrected chi connectivity index (χ0v) is 12.6. The van der Waals surface area contributed by atoms with Crippen molar-refractivity contribution in [1.29, 1.82) is 0 Å². The van der Waals surface area contributed by atoms with E-state index in [0.29, 0.717) is 10.9 Å². The minimum absolute atomic E-state index is 0.468. The quantitative estimate of drug-likeness (QED) is 0.804. The molecule has 0 bridgehead atoms. The summed E-state index contributed by atoms with van der Waals surface area (Å²) in [5.74, 6) is 2.31. The molecule has 0 atom stereocenters. The monoisotopic (exact) mass is 294 g/mol. The number of hydrogen-bond acceptors (Lipinski definition) is 5. The summed E-state index contributed by atoms with van der Waals surface area (Å²) in [5, 5.41) is 4.71. The molecular weight excluding hydrogens is 276 g/mol. The van der Waals surface area contributed by atoms with Crippen LogP contribution in [0.1, 0.15) is 12.8 Å². The van der Waals surface area contributed by atoms with E-state index in [1.165, 1.54) is 19.2 Å². The summed E-state index contributed by atoms with van der Waals surface area (Å²) in [6.07, 6.45) is 3.89. The molecule has 0 N–H and O–H groups in total. The minimum Gasteiger partial charge on any atom is -0.356 e. The van der Waals surface area contributed by atoms with Gasteiger partial charge in [-0.2, -0.15) is 19.6 Å². The van der Waals surface area contributed by atoms with Crippen molar-refractivity contribution in [2.24, 2.45) is 5.92 Å². The smallest absolute Gasteiger partial charge is 0.255 e. The second kappa shape index (κ2) is 5.54. The Morgan fingerprint density at radius 2 is 2.10 bits per heavy atom. The second-order valence-corrected chi connectivity index (χ2v) is 5.99. The number of piperidine rings is 1. The zero-order valence-electron chi connectivity index (χ0n) is 11.8. The van der Waals surface area contributed by atoms with E-state index in [1.807, 2.05) is 6.07 Å². The number of aromatic nitrogens is 4. The maximum Gasteiger partial charge on any atom is 0.255 e. The van der Waals surface area contributed by atoms with Crippen LogP contribution in [0.4, 0.5) is 5.82 Å². The lowest BCUT2D eigenvalue weighted by molar-refractivity contribution is 0.284. The van der Waals surface area contributed by atoms with Crippen LogP contribution in [0.3, 0.4) is 0 Å². The Kier molecular flexibility index (Phi) is 3.76. The van der Waals surface area contributed by atoms with Gasteiger partial charge >= 0.3 is 0 Å². The Labute approximate surface area is 123 Å². The third-order valence-electron chi connectivity index (χ3n) is 3.76. The van der Waals surface area contributed by atoms with Gasteiger partial charge in [-0.1, -0.05) is 11.6 Å². The van der Waals surface area contributed by atoms with Crippen LogP contribution in [-0.4, -0.2) is 58.2 Å². The van der Waals surface area contributed by atoms with Gasteiger partial charge in [0.1, 0.15) is 17.3 Å². The Balaban J connectivity index is 1.78. The first-order valence-corrected chi connectivity index (χ1v) is 7.27. The van der Waals surface area contributed by atoms with Crippen LogP contribution in [0.25, 0.3) is 5.78 Å². The molecule has 0 amide bonds. The second-order valence-electron chi connectivity index (χ2n) is 5.60. The first-order valence-electron chi connectivity index (χ1n) is 6.89. The Morgan fingerprint density at radius 1 is 1.35 bits per heavy atom. The number of rotatable bonds is 3. The third-order valence-corrected chi connectivity index (χ3v) is 3.96. The summed E-state index contributed by atoms with van der Waals surface area (Å²) in [6, 6.07) is 1.87. The molecule has 2 aromatic rings. The van der Waals surface area contributed by atoms with Gasteiger partial charge in [-0.05, 0) is 32.9 Å². The normalized spacial score (nSPS) is 17.3. The number of halogens is 1. The summed E-state index contributed by atoms with van der Waals surface area (Å²) in [5.41, 5.74) is 0. The summed E-state index contributed by atoms with van der Waals surface area (Å²) < 4.78 is 1.76. The molecule has 0 radical (unpaired) electrons. The fourth-order valence-electron chi connectivity index (χ4n) is 2.86. The molecule has 0 spiro atoms. The molecule has 1 aliphatic heterocycles. The van der Waals surface area contributed by atoms with Crippen molar-refractivity contribution in [1.82, 2.24) is 24.5 Å². The Bertz CT molecular complexity index is 588. The lowest BCUT2D eigenvalue weighted by Gasteiger charge is -2.34. The van der Waals surface area contributed by atoms with Gasteiger partial charge in [0.25, 0.3) is 5.78 Å². The summed E-state index contributed by atoms with van der Waals surface area (Å²) in [6.45, 7) is 3.20. The number of hydrogen-bond donors (Lipinski definition) is 0. The minimum atomic E-state index is 0.468. The number of fused-ring (bicyclic) bond motifs is 1. The van der Waals surface area contributed by atoms with Crippen molar-refractivity contribution < 1.29 is 0 Å². The number of anilines is 1. The molecule has 108 valence electrons. The highest BCUT2D eigenvalue weighted by atomic mass is 35.5. The summed E-state index contributed by atoms with van der Waals surface area (Å²) >= 11 is 6.07. The Morgan fingerprint density at radius 3 is 2.80 bits per heavy atom. The van der Waals surface area contributed by atoms with Crippen LogP contribution in [0.15, 0.2) is 12.4 Å². The molecule has 0 saturated carbocycles. The zero-order chi connectivity index (χ0) is 14.1. The maximum atomic E-state index is 6.07. The van der Waals surface area contributed by atoms with E-state index >= 15 is 0 Å². The van der Waals surface area contributed by atoms with Crippen molar-refractivity contribution in [2.75, 3.05) is 38.6 Å². The topological polar surface area (TPSA) is 49.6 Å². The van der Waals surface area contributed by atoms with Gasteiger partial charge in [0, 0.05) is 25.7 Å². The van der Waals surface area contributed by atoms with Crippen molar-refractivity contribution in [2.45, 2.75) is 12.8 Å². The molecule has 0 aliphatic carbocycles. The van der Waals surface area contributed by atoms with Gasteiger partial charge in [0.05, 0.1) is 0 Å². The highest BCUT2D eigenvalue weighted by molar-refractivity contribution is 6.29. The highest BCUT2D eigenvalue weighted by Crippen LogP contribution is 2.25. The van der Waals surface area contributed by atoms with Crippen molar-refractivity contribution in [3.8, 4) is 0 Å². The molecule has 0 aromatic carbocycles. The predicted molar refractivity (Wildman–Crippen MR) is 79.3 cm³/mol. The van der Waals surface area contributed by atoms with Gasteiger partial charge in [0.2, 0.25) is 0 Å². The van der Waals surface area contributed by atoms with E-state index < -0.39 is 0 Å². The van der Waals surface area contributed by atoms with E-state index in [0.717, 1.165) is 31.4 Å². The van der Waals surface area contributed by atoms with Crippen LogP contribution < -0.4 is 4.90 Å². The van der Waals surface area contributed by atoms with Crippen molar-refractivity contribution in [3.05, 3.63) is 17.5 Å². The fraction of sp³-hybridized carbons (Fsp3) is 0.615. The van der Waals surface area contributed by atoms with Crippen molar-refractivity contribution in [3.63, 3.8) is 0 Å². The average Bonchev–Trinajstić information content (AvgIpc) is 2.86. The lowest BCUT2D eigenvalue weighted by atomic mass is 9.96. The van der Waals surface area contributed by atoms with Gasteiger partial charge in [-0.3, -0.25) is 0 Å². The SMILES string of the molecule is CN(C)CC1CCN(c2cc(Cl)nc3ncnn23)CC1. The predicted octanol–water partition coefficient (Wildman–Crippen LogP) is 1.56. The molecule has 7 heteroatoms. The maximum absolute atomic E-state index is 6.07. The van der Waals surface area contributed by atoms with Gasteiger partial charge in [-0.25, -0.2) is 0 Å². The van der Waals surface area contributed by atoms with Gasteiger partial charge in [0.15, 0.2) is 0 Å². The summed E-state index contributed by atoms with van der Waals surface area (Å²) in [4.78, 5) is 12.9. The standard InChI is InChI=1S/C13H19ClN6/c1-18(2)8-10-3-5-19(6-4-10)12-7-11(14)17-13-15-9-16-20(12)13/h7,9-10H,3-6,8H2,1-2H3.